The second-order valence-corrected chi connectivity index (χ2v) is 8.53. The second-order valence-electron chi connectivity index (χ2n) is 6.44. The molecule has 0 spiro atoms. The number of aryl methyl sites for hydroxylation is 2. The molecule has 28 heavy (non-hydrogen) atoms. The number of carbonyl (C=O) groups is 1. The van der Waals surface area contributed by atoms with E-state index in [9.17, 15) is 13.2 Å². The van der Waals surface area contributed by atoms with Crippen molar-refractivity contribution >= 4 is 38.9 Å². The van der Waals surface area contributed by atoms with Crippen LogP contribution in [0, 0.1) is 13.8 Å². The highest BCUT2D eigenvalue weighted by Crippen LogP contribution is 2.24. The fourth-order valence-corrected chi connectivity index (χ4v) is 4.10. The Balaban J connectivity index is 1.77. The van der Waals surface area contributed by atoms with E-state index in [2.05, 4.69) is 10.0 Å². The number of nitrogens with one attached hydrogen (secondary N) is 2. The van der Waals surface area contributed by atoms with Crippen LogP contribution in [0.5, 0.6) is 0 Å². The molecule has 3 aromatic rings. The highest BCUT2D eigenvalue weighted by molar-refractivity contribution is 7.92. The molecule has 0 atom stereocenters. The van der Waals surface area contributed by atoms with E-state index in [1.807, 2.05) is 32.0 Å². The lowest BCUT2D eigenvalue weighted by Crippen LogP contribution is -2.15. The summed E-state index contributed by atoms with van der Waals surface area (Å²) in [5.41, 5.74) is 3.43. The Morgan fingerprint density at radius 3 is 2.11 bits per heavy atom. The maximum absolute atomic E-state index is 12.5. The SMILES string of the molecule is Cc1cc(C)cc(NC(=O)c2ccc(S(=O)(=O)Nc3ccccc3Cl)cc2)c1. The number of amides is 1. The summed E-state index contributed by atoms with van der Waals surface area (Å²) in [5, 5.41) is 3.13. The van der Waals surface area contributed by atoms with Gasteiger partial charge in [-0.3, -0.25) is 9.52 Å². The Morgan fingerprint density at radius 2 is 1.50 bits per heavy atom. The Hall–Kier alpha value is -2.83. The quantitative estimate of drug-likeness (QED) is 0.616. The number of benzene rings is 3. The van der Waals surface area contributed by atoms with E-state index in [1.165, 1.54) is 24.3 Å². The molecule has 1 amide bonds. The Kier molecular flexibility index (Phi) is 5.72. The molecule has 7 heteroatoms. The predicted octanol–water partition coefficient (Wildman–Crippen LogP) is 5.01. The highest BCUT2D eigenvalue weighted by atomic mass is 35.5. The Morgan fingerprint density at radius 1 is 0.893 bits per heavy atom. The first-order valence-electron chi connectivity index (χ1n) is 8.52. The zero-order valence-electron chi connectivity index (χ0n) is 15.4. The number of hydrogen-bond acceptors (Lipinski definition) is 3. The van der Waals surface area contributed by atoms with Crippen molar-refractivity contribution in [1.29, 1.82) is 0 Å². The molecule has 0 saturated heterocycles. The van der Waals surface area contributed by atoms with Crippen LogP contribution in [0.25, 0.3) is 0 Å². The van der Waals surface area contributed by atoms with Crippen molar-refractivity contribution in [1.82, 2.24) is 0 Å². The summed E-state index contributed by atoms with van der Waals surface area (Å²) in [4.78, 5) is 12.5. The van der Waals surface area contributed by atoms with Crippen LogP contribution < -0.4 is 10.0 Å². The van der Waals surface area contributed by atoms with Gasteiger partial charge in [-0.15, -0.1) is 0 Å². The van der Waals surface area contributed by atoms with Gasteiger partial charge in [0.1, 0.15) is 0 Å². The number of sulfonamides is 1. The molecule has 0 saturated carbocycles. The molecule has 144 valence electrons. The van der Waals surface area contributed by atoms with Gasteiger partial charge in [-0.2, -0.15) is 0 Å². The molecule has 3 aromatic carbocycles. The molecule has 0 aromatic heterocycles. The lowest BCUT2D eigenvalue weighted by atomic mass is 10.1. The van der Waals surface area contributed by atoms with Crippen molar-refractivity contribution < 1.29 is 13.2 Å². The number of para-hydroxylation sites is 1. The van der Waals surface area contributed by atoms with Crippen LogP contribution in [-0.2, 0) is 10.0 Å². The van der Waals surface area contributed by atoms with Crippen LogP contribution in [0.4, 0.5) is 11.4 Å². The summed E-state index contributed by atoms with van der Waals surface area (Å²) < 4.78 is 27.5. The van der Waals surface area contributed by atoms with Gasteiger partial charge in [0.2, 0.25) is 0 Å². The second kappa shape index (κ2) is 8.04. The summed E-state index contributed by atoms with van der Waals surface area (Å²) in [7, 11) is -3.81. The van der Waals surface area contributed by atoms with Crippen LogP contribution in [-0.4, -0.2) is 14.3 Å². The van der Waals surface area contributed by atoms with Gasteiger partial charge in [-0.25, -0.2) is 8.42 Å². The molecule has 0 fully saturated rings. The number of rotatable bonds is 5. The average molecular weight is 415 g/mol. The molecule has 3 rings (SSSR count). The molecular weight excluding hydrogens is 396 g/mol. The fourth-order valence-electron chi connectivity index (χ4n) is 2.78. The van der Waals surface area contributed by atoms with E-state index in [0.29, 0.717) is 22.0 Å². The zero-order chi connectivity index (χ0) is 20.3. The number of halogens is 1. The van der Waals surface area contributed by atoms with E-state index >= 15 is 0 Å². The Bertz CT molecular complexity index is 1110. The molecule has 0 aliphatic rings. The molecule has 0 aliphatic carbocycles. The first-order valence-corrected chi connectivity index (χ1v) is 10.4. The van der Waals surface area contributed by atoms with Gasteiger partial charge in [0.25, 0.3) is 15.9 Å². The molecule has 0 unspecified atom stereocenters. The van der Waals surface area contributed by atoms with E-state index < -0.39 is 10.0 Å². The minimum absolute atomic E-state index is 0.0374. The van der Waals surface area contributed by atoms with Crippen LogP contribution in [0.3, 0.4) is 0 Å². The summed E-state index contributed by atoms with van der Waals surface area (Å²) in [6.07, 6.45) is 0. The third-order valence-corrected chi connectivity index (χ3v) is 5.74. The van der Waals surface area contributed by atoms with Crippen molar-refractivity contribution in [3.8, 4) is 0 Å². The molecule has 0 radical (unpaired) electrons. The summed E-state index contributed by atoms with van der Waals surface area (Å²) in [5.74, 6) is -0.312. The van der Waals surface area contributed by atoms with Crippen LogP contribution in [0.1, 0.15) is 21.5 Å². The summed E-state index contributed by atoms with van der Waals surface area (Å²) in [6, 6.07) is 18.0. The fraction of sp³-hybridized carbons (Fsp3) is 0.0952. The molecule has 0 bridgehead atoms. The van der Waals surface area contributed by atoms with Crippen molar-refractivity contribution in [2.45, 2.75) is 18.7 Å². The first-order chi connectivity index (χ1) is 13.2. The smallest absolute Gasteiger partial charge is 0.261 e. The minimum Gasteiger partial charge on any atom is -0.322 e. The van der Waals surface area contributed by atoms with Gasteiger partial charge in [-0.1, -0.05) is 29.8 Å². The average Bonchev–Trinajstić information content (AvgIpc) is 2.63. The van der Waals surface area contributed by atoms with Gasteiger partial charge in [0, 0.05) is 11.3 Å². The molecule has 5 nitrogen and oxygen atoms in total. The van der Waals surface area contributed by atoms with Gasteiger partial charge in [0.05, 0.1) is 15.6 Å². The third kappa shape index (κ3) is 4.71. The van der Waals surface area contributed by atoms with E-state index in [-0.39, 0.29) is 10.8 Å². The lowest BCUT2D eigenvalue weighted by Gasteiger charge is -2.11. The summed E-state index contributed by atoms with van der Waals surface area (Å²) >= 11 is 6.00. The first kappa shape index (κ1) is 19.9. The standard InChI is InChI=1S/C21H19ClN2O3S/c1-14-11-15(2)13-17(12-14)23-21(25)16-7-9-18(10-8-16)28(26,27)24-20-6-4-3-5-19(20)22/h3-13,24H,1-2H3,(H,23,25). The van der Waals surface area contributed by atoms with Crippen molar-refractivity contribution in [2.75, 3.05) is 10.0 Å². The van der Waals surface area contributed by atoms with E-state index in [4.69, 9.17) is 11.6 Å². The van der Waals surface area contributed by atoms with Gasteiger partial charge >= 0.3 is 0 Å². The van der Waals surface area contributed by atoms with Crippen LogP contribution in [0.15, 0.2) is 71.6 Å². The monoisotopic (exact) mass is 414 g/mol. The third-order valence-electron chi connectivity index (χ3n) is 4.02. The van der Waals surface area contributed by atoms with Crippen LogP contribution in [0.2, 0.25) is 5.02 Å². The molecule has 0 heterocycles. The lowest BCUT2D eigenvalue weighted by molar-refractivity contribution is 0.102. The minimum atomic E-state index is -3.81. The number of hydrogen-bond donors (Lipinski definition) is 2. The maximum atomic E-state index is 12.5. The van der Waals surface area contributed by atoms with E-state index in [0.717, 1.165) is 11.1 Å². The van der Waals surface area contributed by atoms with Crippen molar-refractivity contribution in [3.05, 3.63) is 88.4 Å². The van der Waals surface area contributed by atoms with Gasteiger partial charge in [-0.05, 0) is 73.5 Å². The number of carbonyl (C=O) groups excluding carboxylic acids is 1. The molecular formula is C21H19ClN2O3S. The predicted molar refractivity (Wildman–Crippen MR) is 113 cm³/mol. The van der Waals surface area contributed by atoms with E-state index in [1.54, 1.807) is 24.3 Å². The number of anilines is 2. The topological polar surface area (TPSA) is 75.3 Å². The zero-order valence-corrected chi connectivity index (χ0v) is 16.9. The van der Waals surface area contributed by atoms with Gasteiger partial charge < -0.3 is 5.32 Å². The normalized spacial score (nSPS) is 11.1. The van der Waals surface area contributed by atoms with Crippen LogP contribution >= 0.6 is 11.6 Å². The maximum Gasteiger partial charge on any atom is 0.261 e. The Labute approximate surface area is 169 Å². The summed E-state index contributed by atoms with van der Waals surface area (Å²) in [6.45, 7) is 3.91. The molecule has 2 N–H and O–H groups in total. The van der Waals surface area contributed by atoms with Gasteiger partial charge in [0.15, 0.2) is 0 Å². The highest BCUT2D eigenvalue weighted by Gasteiger charge is 2.16. The molecule has 0 aliphatic heterocycles. The van der Waals surface area contributed by atoms with Crippen molar-refractivity contribution in [3.63, 3.8) is 0 Å². The van der Waals surface area contributed by atoms with Crippen molar-refractivity contribution in [2.24, 2.45) is 0 Å². The largest absolute Gasteiger partial charge is 0.322 e.